The van der Waals surface area contributed by atoms with E-state index < -0.39 is 11.7 Å². The Morgan fingerprint density at radius 2 is 2.14 bits per heavy atom. The van der Waals surface area contributed by atoms with Crippen molar-refractivity contribution in [3.63, 3.8) is 0 Å². The Kier molecular flexibility index (Phi) is 4.41. The molecule has 0 saturated heterocycles. The molecular formula is C12H11F3N4OS. The first-order chi connectivity index (χ1) is 9.88. The first-order valence-electron chi connectivity index (χ1n) is 5.88. The zero-order valence-corrected chi connectivity index (χ0v) is 11.5. The summed E-state index contributed by atoms with van der Waals surface area (Å²) in [5.41, 5.74) is 4.56. The van der Waals surface area contributed by atoms with Crippen molar-refractivity contribution < 1.29 is 17.7 Å². The van der Waals surface area contributed by atoms with Gasteiger partial charge in [0, 0.05) is 24.2 Å². The highest BCUT2D eigenvalue weighted by molar-refractivity contribution is 7.80. The Morgan fingerprint density at radius 1 is 1.38 bits per heavy atom. The van der Waals surface area contributed by atoms with Crippen molar-refractivity contribution in [3.05, 3.63) is 41.5 Å². The normalized spacial score (nSPS) is 11.4. The maximum absolute atomic E-state index is 13.0. The van der Waals surface area contributed by atoms with E-state index in [9.17, 15) is 13.2 Å². The lowest BCUT2D eigenvalue weighted by atomic mass is 10.1. The Labute approximate surface area is 123 Å². The van der Waals surface area contributed by atoms with Crippen LogP contribution in [0.15, 0.2) is 29.0 Å². The van der Waals surface area contributed by atoms with Gasteiger partial charge in [-0.05, 0) is 18.2 Å². The Hall–Kier alpha value is -2.16. The van der Waals surface area contributed by atoms with E-state index in [0.717, 1.165) is 6.07 Å². The molecule has 1 heterocycles. The molecule has 0 unspecified atom stereocenters. The molecule has 5 nitrogen and oxygen atoms in total. The van der Waals surface area contributed by atoms with Crippen molar-refractivity contribution in [2.24, 2.45) is 5.73 Å². The van der Waals surface area contributed by atoms with Gasteiger partial charge < -0.3 is 15.6 Å². The highest BCUT2D eigenvalue weighted by Gasteiger charge is 2.34. The predicted molar refractivity (Wildman–Crippen MR) is 73.8 cm³/mol. The maximum Gasteiger partial charge on any atom is 0.417 e. The third-order valence-corrected chi connectivity index (χ3v) is 2.89. The second-order valence-electron chi connectivity index (χ2n) is 4.13. The fourth-order valence-electron chi connectivity index (χ4n) is 1.72. The molecule has 21 heavy (non-hydrogen) atoms. The van der Waals surface area contributed by atoms with Crippen LogP contribution in [0.5, 0.6) is 0 Å². The summed E-state index contributed by atoms with van der Waals surface area (Å²) in [5.74, 6) is 0.401. The van der Waals surface area contributed by atoms with Gasteiger partial charge in [-0.25, -0.2) is 0 Å². The fraction of sp³-hybridized carbons (Fsp3) is 0.250. The summed E-state index contributed by atoms with van der Waals surface area (Å²) in [7, 11) is 0. The molecule has 0 bridgehead atoms. The third-order valence-electron chi connectivity index (χ3n) is 2.67. The summed E-state index contributed by atoms with van der Waals surface area (Å²) in [6.07, 6.45) is -2.87. The average molecular weight is 316 g/mol. The number of halogens is 3. The lowest BCUT2D eigenvalue weighted by Gasteiger charge is -2.14. The van der Waals surface area contributed by atoms with E-state index in [1.165, 1.54) is 18.5 Å². The van der Waals surface area contributed by atoms with Gasteiger partial charge in [0.15, 0.2) is 6.33 Å². The molecule has 3 N–H and O–H groups in total. The van der Waals surface area contributed by atoms with Crippen LogP contribution in [0.1, 0.15) is 17.0 Å². The van der Waals surface area contributed by atoms with Gasteiger partial charge >= 0.3 is 6.18 Å². The van der Waals surface area contributed by atoms with E-state index in [1.807, 2.05) is 0 Å². The molecule has 0 aliphatic carbocycles. The number of alkyl halides is 3. The number of rotatable bonds is 5. The summed E-state index contributed by atoms with van der Waals surface area (Å²) < 4.78 is 43.7. The van der Waals surface area contributed by atoms with Crippen molar-refractivity contribution in [1.29, 1.82) is 0 Å². The molecule has 1 aromatic heterocycles. The number of benzene rings is 1. The van der Waals surface area contributed by atoms with Gasteiger partial charge in [0.2, 0.25) is 5.89 Å². The maximum atomic E-state index is 13.0. The fourth-order valence-corrected chi connectivity index (χ4v) is 1.90. The minimum Gasteiger partial charge on any atom is -0.389 e. The highest BCUT2D eigenvalue weighted by atomic mass is 32.1. The van der Waals surface area contributed by atoms with Crippen LogP contribution in [0.2, 0.25) is 0 Å². The standard InChI is InChI=1S/C12H11F3N4OS/c13-12(14,15)9-5-7(1-2-8(9)11(16)21)17-4-3-10-18-6-19-20-10/h1-2,5-6,17H,3-4H2,(H2,16,21). The topological polar surface area (TPSA) is 77.0 Å². The molecular weight excluding hydrogens is 305 g/mol. The Bertz CT molecular complexity index is 628. The summed E-state index contributed by atoms with van der Waals surface area (Å²) in [6, 6.07) is 3.71. The van der Waals surface area contributed by atoms with Crippen molar-refractivity contribution in [2.75, 3.05) is 11.9 Å². The molecule has 0 saturated carbocycles. The smallest absolute Gasteiger partial charge is 0.389 e. The zero-order valence-electron chi connectivity index (χ0n) is 10.6. The predicted octanol–water partition coefficient (Wildman–Crippen LogP) is 2.38. The Balaban J connectivity index is 2.12. The summed E-state index contributed by atoms with van der Waals surface area (Å²) in [6.45, 7) is 0.353. The molecule has 0 spiro atoms. The quantitative estimate of drug-likeness (QED) is 0.825. The molecule has 1 aromatic carbocycles. The van der Waals surface area contributed by atoms with Crippen molar-refractivity contribution in [2.45, 2.75) is 12.6 Å². The van der Waals surface area contributed by atoms with Crippen LogP contribution in [-0.4, -0.2) is 21.7 Å². The zero-order chi connectivity index (χ0) is 15.5. The van der Waals surface area contributed by atoms with Gasteiger partial charge in [-0.15, -0.1) is 0 Å². The van der Waals surface area contributed by atoms with Crippen molar-refractivity contribution in [3.8, 4) is 0 Å². The second-order valence-corrected chi connectivity index (χ2v) is 4.57. The molecule has 0 radical (unpaired) electrons. The van der Waals surface area contributed by atoms with Crippen molar-refractivity contribution in [1.82, 2.24) is 10.1 Å². The number of hydrogen-bond acceptors (Lipinski definition) is 5. The van der Waals surface area contributed by atoms with E-state index in [1.54, 1.807) is 0 Å². The van der Waals surface area contributed by atoms with E-state index in [2.05, 4.69) is 27.7 Å². The Morgan fingerprint density at radius 3 is 2.71 bits per heavy atom. The van der Waals surface area contributed by atoms with Crippen LogP contribution in [0.4, 0.5) is 18.9 Å². The van der Waals surface area contributed by atoms with Gasteiger partial charge in [0.05, 0.1) is 5.56 Å². The van der Waals surface area contributed by atoms with E-state index in [4.69, 9.17) is 10.3 Å². The van der Waals surface area contributed by atoms with Crippen LogP contribution in [0, 0.1) is 0 Å². The minimum absolute atomic E-state index is 0.194. The van der Waals surface area contributed by atoms with E-state index in [0.29, 0.717) is 24.5 Å². The average Bonchev–Trinajstić information content (AvgIpc) is 2.90. The number of nitrogens with one attached hydrogen (secondary N) is 1. The first kappa shape index (κ1) is 15.2. The van der Waals surface area contributed by atoms with Crippen LogP contribution in [0.25, 0.3) is 0 Å². The molecule has 2 rings (SSSR count). The lowest BCUT2D eigenvalue weighted by molar-refractivity contribution is -0.137. The van der Waals surface area contributed by atoms with E-state index in [-0.39, 0.29) is 10.6 Å². The molecule has 0 aliphatic heterocycles. The van der Waals surface area contributed by atoms with Gasteiger partial charge in [-0.1, -0.05) is 17.4 Å². The molecule has 112 valence electrons. The largest absolute Gasteiger partial charge is 0.417 e. The highest BCUT2D eigenvalue weighted by Crippen LogP contribution is 2.33. The van der Waals surface area contributed by atoms with Crippen molar-refractivity contribution >= 4 is 22.9 Å². The van der Waals surface area contributed by atoms with Crippen LogP contribution in [0.3, 0.4) is 0 Å². The van der Waals surface area contributed by atoms with Crippen LogP contribution < -0.4 is 11.1 Å². The number of nitrogens with two attached hydrogens (primary N) is 1. The minimum atomic E-state index is -4.52. The van der Waals surface area contributed by atoms with Crippen LogP contribution in [-0.2, 0) is 12.6 Å². The number of nitrogens with zero attached hydrogens (tertiary/aromatic N) is 2. The van der Waals surface area contributed by atoms with E-state index >= 15 is 0 Å². The monoisotopic (exact) mass is 316 g/mol. The summed E-state index contributed by atoms with van der Waals surface area (Å²) in [4.78, 5) is 3.52. The summed E-state index contributed by atoms with van der Waals surface area (Å²) >= 11 is 4.63. The molecule has 0 fully saturated rings. The van der Waals surface area contributed by atoms with Gasteiger partial charge in [-0.3, -0.25) is 0 Å². The van der Waals surface area contributed by atoms with Gasteiger partial charge in [0.1, 0.15) is 4.99 Å². The molecule has 0 amide bonds. The lowest BCUT2D eigenvalue weighted by Crippen LogP contribution is -2.18. The first-order valence-corrected chi connectivity index (χ1v) is 6.29. The second kappa shape index (κ2) is 6.08. The number of hydrogen-bond donors (Lipinski definition) is 2. The number of thiocarbonyl (C=S) groups is 1. The third kappa shape index (κ3) is 3.91. The molecule has 2 aromatic rings. The number of anilines is 1. The summed E-state index contributed by atoms with van der Waals surface area (Å²) in [5, 5.41) is 6.28. The van der Waals surface area contributed by atoms with Gasteiger partial charge in [-0.2, -0.15) is 18.2 Å². The molecule has 9 heteroatoms. The molecule has 0 atom stereocenters. The van der Waals surface area contributed by atoms with Gasteiger partial charge in [0.25, 0.3) is 0 Å². The van der Waals surface area contributed by atoms with Crippen LogP contribution >= 0.6 is 12.2 Å². The molecule has 0 aliphatic rings. The SMILES string of the molecule is NC(=S)c1ccc(NCCc2ncno2)cc1C(F)(F)F. The number of aromatic nitrogens is 2.